The Morgan fingerprint density at radius 3 is 2.44 bits per heavy atom. The molecule has 1 aromatic carbocycles. The van der Waals surface area contributed by atoms with Crippen molar-refractivity contribution in [3.8, 4) is 12.3 Å². The zero-order valence-corrected chi connectivity index (χ0v) is 22.3. The van der Waals surface area contributed by atoms with Crippen molar-refractivity contribution in [3.05, 3.63) is 53.9 Å². The highest BCUT2D eigenvalue weighted by atomic mass is 16.5. The van der Waals surface area contributed by atoms with E-state index in [0.717, 1.165) is 31.2 Å². The Labute approximate surface area is 216 Å². The highest BCUT2D eigenvalue weighted by Gasteiger charge is 2.50. The lowest BCUT2D eigenvalue weighted by atomic mass is 9.92. The molecular formula is C29H42N4O3. The van der Waals surface area contributed by atoms with E-state index < -0.39 is 5.54 Å². The molecule has 1 unspecified atom stereocenters. The summed E-state index contributed by atoms with van der Waals surface area (Å²) >= 11 is 0. The van der Waals surface area contributed by atoms with Gasteiger partial charge in [-0.15, -0.1) is 12.3 Å². The minimum Gasteiger partial charge on any atom is -0.501 e. The molecule has 1 aliphatic carbocycles. The second kappa shape index (κ2) is 14.4. The molecule has 0 spiro atoms. The van der Waals surface area contributed by atoms with E-state index in [1.165, 1.54) is 17.9 Å². The maximum atomic E-state index is 13.7. The summed E-state index contributed by atoms with van der Waals surface area (Å²) in [4.78, 5) is 29.0. The molecule has 2 amide bonds. The molecule has 1 atom stereocenters. The Morgan fingerprint density at radius 2 is 1.86 bits per heavy atom. The normalized spacial score (nSPS) is 22.0. The Balaban J connectivity index is 0.00000145. The van der Waals surface area contributed by atoms with Gasteiger partial charge in [0.1, 0.15) is 11.2 Å². The number of nitrogens with zero attached hydrogens (tertiary/aromatic N) is 2. The van der Waals surface area contributed by atoms with Gasteiger partial charge in [-0.05, 0) is 52.7 Å². The van der Waals surface area contributed by atoms with Crippen molar-refractivity contribution < 1.29 is 14.3 Å². The van der Waals surface area contributed by atoms with Crippen molar-refractivity contribution in [2.24, 2.45) is 5.84 Å². The van der Waals surface area contributed by atoms with Gasteiger partial charge in [0.2, 0.25) is 5.91 Å². The van der Waals surface area contributed by atoms with Gasteiger partial charge < -0.3 is 15.1 Å². The van der Waals surface area contributed by atoms with Crippen LogP contribution in [-0.2, 0) is 14.3 Å². The average molecular weight is 495 g/mol. The summed E-state index contributed by atoms with van der Waals surface area (Å²) in [6, 6.07) is 7.83. The van der Waals surface area contributed by atoms with Crippen LogP contribution in [0.15, 0.2) is 48.4 Å². The molecule has 0 bridgehead atoms. The maximum absolute atomic E-state index is 13.7. The quantitative estimate of drug-likeness (QED) is 0.145. The van der Waals surface area contributed by atoms with Gasteiger partial charge in [-0.3, -0.25) is 14.5 Å². The molecule has 3 rings (SSSR count). The molecule has 1 heterocycles. The summed E-state index contributed by atoms with van der Waals surface area (Å²) in [5.74, 6) is 8.14. The predicted octanol–water partition coefficient (Wildman–Crippen LogP) is 4.58. The second-order valence-corrected chi connectivity index (χ2v) is 9.55. The molecule has 3 N–H and O–H groups in total. The van der Waals surface area contributed by atoms with Crippen LogP contribution in [0.4, 0.5) is 5.69 Å². The first kappa shape index (κ1) is 29.0. The van der Waals surface area contributed by atoms with Crippen molar-refractivity contribution in [2.75, 3.05) is 18.1 Å². The van der Waals surface area contributed by atoms with Gasteiger partial charge in [0.25, 0.3) is 5.91 Å². The highest BCUT2D eigenvalue weighted by molar-refractivity contribution is 6.12. The molecule has 2 fully saturated rings. The molecule has 1 saturated carbocycles. The molecule has 7 nitrogen and oxygen atoms in total. The fourth-order valence-electron chi connectivity index (χ4n) is 4.62. The summed E-state index contributed by atoms with van der Waals surface area (Å²) in [5, 5.41) is 4.65. The maximum Gasteiger partial charge on any atom is 0.276 e. The van der Waals surface area contributed by atoms with Crippen LogP contribution in [0.2, 0.25) is 0 Å². The van der Waals surface area contributed by atoms with Crippen molar-refractivity contribution in [1.29, 1.82) is 0 Å². The third kappa shape index (κ3) is 7.63. The van der Waals surface area contributed by atoms with Gasteiger partial charge in [0.05, 0.1) is 19.4 Å². The number of amides is 2. The zero-order valence-electron chi connectivity index (χ0n) is 22.3. The van der Waals surface area contributed by atoms with Crippen LogP contribution in [0.1, 0.15) is 71.3 Å². The molecule has 1 aliphatic heterocycles. The van der Waals surface area contributed by atoms with Crippen molar-refractivity contribution in [2.45, 2.75) is 84.2 Å². The molecular weight excluding hydrogens is 452 g/mol. The van der Waals surface area contributed by atoms with Crippen LogP contribution < -0.4 is 16.1 Å². The number of rotatable bonds is 7. The van der Waals surface area contributed by atoms with Crippen LogP contribution in [0.5, 0.6) is 0 Å². The number of hydrazine groups is 1. The fraction of sp³-hybridized carbons (Fsp3) is 0.517. The number of benzene rings is 1. The molecule has 0 aromatic heterocycles. The van der Waals surface area contributed by atoms with Crippen LogP contribution in [0, 0.1) is 19.3 Å². The molecule has 1 saturated heterocycles. The van der Waals surface area contributed by atoms with Crippen molar-refractivity contribution in [3.63, 3.8) is 0 Å². The number of nitrogens with one attached hydrogen (secondary N) is 1. The van der Waals surface area contributed by atoms with E-state index in [2.05, 4.69) is 17.7 Å². The Bertz CT molecular complexity index is 956. The lowest BCUT2D eigenvalue weighted by molar-refractivity contribution is -0.133. The van der Waals surface area contributed by atoms with Gasteiger partial charge in [-0.2, -0.15) is 0 Å². The van der Waals surface area contributed by atoms with Crippen LogP contribution in [0.3, 0.4) is 0 Å². The minimum absolute atomic E-state index is 0.138. The zero-order chi connectivity index (χ0) is 26.6. The number of carbonyl (C=O) groups excluding carboxylic acids is 2. The number of piperazine rings is 1. The fourth-order valence-corrected chi connectivity index (χ4v) is 4.62. The van der Waals surface area contributed by atoms with E-state index in [-0.39, 0.29) is 24.4 Å². The number of anilines is 1. The first-order valence-electron chi connectivity index (χ1n) is 12.8. The van der Waals surface area contributed by atoms with Crippen molar-refractivity contribution >= 4 is 17.5 Å². The van der Waals surface area contributed by atoms with Crippen LogP contribution in [0.25, 0.3) is 0 Å². The van der Waals surface area contributed by atoms with Crippen LogP contribution >= 0.6 is 0 Å². The van der Waals surface area contributed by atoms with E-state index in [1.54, 1.807) is 24.2 Å². The smallest absolute Gasteiger partial charge is 0.276 e. The van der Waals surface area contributed by atoms with E-state index in [4.69, 9.17) is 10.6 Å². The number of hydrogen-bond acceptors (Lipinski definition) is 5. The highest BCUT2D eigenvalue weighted by Crippen LogP contribution is 2.33. The SMILES string of the molecule is C#CC.C/C=C\OCC/C=C1/C(=O)N(c2ccc(C)cc2)C(C)(C(=O)NC2CCCCCC2)CN1N. The monoisotopic (exact) mass is 494 g/mol. The van der Waals surface area contributed by atoms with E-state index >= 15 is 0 Å². The Morgan fingerprint density at radius 1 is 1.25 bits per heavy atom. The summed E-state index contributed by atoms with van der Waals surface area (Å²) in [7, 11) is 0. The summed E-state index contributed by atoms with van der Waals surface area (Å²) in [6.45, 7) is 7.98. The lowest BCUT2D eigenvalue weighted by Crippen LogP contribution is -2.70. The standard InChI is InChI=1S/C26H38N4O3.C3H4/c1-4-17-33-18-9-12-23-24(31)30(22-15-13-20(2)14-16-22)26(3,19-29(23)27)25(32)28-21-10-7-5-6-8-11-21;1-3-2/h4,12-17,21H,5-11,18-19,27H2,1-3H3,(H,28,32);1H,2H3/b17-4-,23-12-;. The number of terminal acetylenes is 1. The van der Waals surface area contributed by atoms with Crippen LogP contribution in [-0.4, -0.2) is 41.6 Å². The molecule has 36 heavy (non-hydrogen) atoms. The predicted molar refractivity (Wildman–Crippen MR) is 146 cm³/mol. The minimum atomic E-state index is -1.13. The molecule has 1 aromatic rings. The number of aryl methyl sites for hydroxylation is 1. The summed E-state index contributed by atoms with van der Waals surface area (Å²) in [6.07, 6.45) is 17.0. The van der Waals surface area contributed by atoms with Gasteiger partial charge in [-0.25, -0.2) is 5.84 Å². The Hall–Kier alpha value is -3.24. The van der Waals surface area contributed by atoms with Gasteiger partial charge in [-0.1, -0.05) is 55.5 Å². The van der Waals surface area contributed by atoms with Gasteiger partial charge in [0, 0.05) is 18.2 Å². The van der Waals surface area contributed by atoms with E-state index in [9.17, 15) is 9.59 Å². The van der Waals surface area contributed by atoms with Crippen molar-refractivity contribution in [1.82, 2.24) is 10.3 Å². The summed E-state index contributed by atoms with van der Waals surface area (Å²) < 4.78 is 5.37. The first-order valence-corrected chi connectivity index (χ1v) is 12.8. The number of allylic oxidation sites excluding steroid dienone is 1. The van der Waals surface area contributed by atoms with E-state index in [0.29, 0.717) is 24.4 Å². The topological polar surface area (TPSA) is 87.9 Å². The number of hydrogen-bond donors (Lipinski definition) is 2. The third-order valence-electron chi connectivity index (χ3n) is 6.48. The number of ether oxygens (including phenoxy) is 1. The molecule has 2 aliphatic rings. The van der Waals surface area contributed by atoms with Gasteiger partial charge in [0.15, 0.2) is 0 Å². The molecule has 196 valence electrons. The lowest BCUT2D eigenvalue weighted by Gasteiger charge is -2.47. The number of carbonyl (C=O) groups is 2. The second-order valence-electron chi connectivity index (χ2n) is 9.55. The Kier molecular flexibility index (Phi) is 11.6. The first-order chi connectivity index (χ1) is 17.3. The third-order valence-corrected chi connectivity index (χ3v) is 6.48. The largest absolute Gasteiger partial charge is 0.501 e. The summed E-state index contributed by atoms with van der Waals surface area (Å²) in [5.41, 5.74) is 1.02. The molecule has 0 radical (unpaired) electrons. The number of nitrogens with two attached hydrogens (primary N) is 1. The molecule has 7 heteroatoms. The van der Waals surface area contributed by atoms with Gasteiger partial charge >= 0.3 is 0 Å². The average Bonchev–Trinajstić information content (AvgIpc) is 3.11. The van der Waals surface area contributed by atoms with E-state index in [1.807, 2.05) is 51.1 Å².